The van der Waals surface area contributed by atoms with Gasteiger partial charge in [-0.05, 0) is 37.8 Å². The van der Waals surface area contributed by atoms with Crippen LogP contribution in [-0.2, 0) is 16.6 Å². The van der Waals surface area contributed by atoms with Gasteiger partial charge in [0, 0.05) is 18.2 Å². The quantitative estimate of drug-likeness (QED) is 0.693. The highest BCUT2D eigenvalue weighted by molar-refractivity contribution is 7.89. The van der Waals surface area contributed by atoms with Gasteiger partial charge in [0.1, 0.15) is 10.6 Å². The summed E-state index contributed by atoms with van der Waals surface area (Å²) in [4.78, 5) is 3.32. The lowest BCUT2D eigenvalue weighted by Crippen LogP contribution is -2.24. The van der Waals surface area contributed by atoms with Crippen molar-refractivity contribution in [2.75, 3.05) is 0 Å². The molecule has 0 unspecified atom stereocenters. The zero-order valence-electron chi connectivity index (χ0n) is 14.6. The first-order valence-corrected chi connectivity index (χ1v) is 10.0. The number of aromatic nitrogens is 3. The molecular weight excluding hydrogens is 352 g/mol. The van der Waals surface area contributed by atoms with E-state index in [1.807, 2.05) is 30.3 Å². The van der Waals surface area contributed by atoms with Crippen molar-refractivity contribution in [2.24, 2.45) is 0 Å². The average Bonchev–Trinajstić information content (AvgIpc) is 3.27. The molecule has 26 heavy (non-hydrogen) atoms. The maximum Gasteiger partial charge on any atom is 0.264 e. The summed E-state index contributed by atoms with van der Waals surface area (Å²) in [6, 6.07) is 9.40. The summed E-state index contributed by atoms with van der Waals surface area (Å²) in [5.74, 6) is 1.30. The number of hydrogen-bond acceptors (Lipinski definition) is 5. The van der Waals surface area contributed by atoms with Crippen LogP contribution in [0.3, 0.4) is 0 Å². The fraction of sp³-hybridized carbons (Fsp3) is 0.333. The Morgan fingerprint density at radius 2 is 1.92 bits per heavy atom. The summed E-state index contributed by atoms with van der Waals surface area (Å²) in [6.07, 6.45) is 2.13. The molecule has 0 spiro atoms. The number of sulfonamides is 1. The van der Waals surface area contributed by atoms with Gasteiger partial charge < -0.3 is 9.40 Å². The summed E-state index contributed by atoms with van der Waals surface area (Å²) in [5, 5.41) is 8.15. The molecule has 1 aliphatic rings. The van der Waals surface area contributed by atoms with Crippen molar-refractivity contribution >= 4 is 10.0 Å². The Kier molecular flexibility index (Phi) is 4.16. The molecule has 136 valence electrons. The SMILES string of the molecule is Cc1[nH]c(-c2nnc(C3CC3)o2)c(C)c1S(=O)(=O)NCc1ccccc1. The van der Waals surface area contributed by atoms with Gasteiger partial charge in [0.05, 0.1) is 0 Å². The van der Waals surface area contributed by atoms with Gasteiger partial charge in [-0.15, -0.1) is 10.2 Å². The maximum absolute atomic E-state index is 12.8. The van der Waals surface area contributed by atoms with Crippen molar-refractivity contribution in [3.63, 3.8) is 0 Å². The lowest BCUT2D eigenvalue weighted by molar-refractivity contribution is 0.507. The van der Waals surface area contributed by atoms with Gasteiger partial charge in [-0.2, -0.15) is 0 Å². The maximum atomic E-state index is 12.8. The minimum absolute atomic E-state index is 0.231. The number of nitrogens with one attached hydrogen (secondary N) is 2. The first-order chi connectivity index (χ1) is 12.5. The van der Waals surface area contributed by atoms with Crippen LogP contribution in [0.4, 0.5) is 0 Å². The molecule has 1 aromatic carbocycles. The highest BCUT2D eigenvalue weighted by Crippen LogP contribution is 2.40. The van der Waals surface area contributed by atoms with E-state index in [1.54, 1.807) is 13.8 Å². The molecule has 0 amide bonds. The molecule has 2 aromatic heterocycles. The van der Waals surface area contributed by atoms with Gasteiger partial charge >= 0.3 is 0 Å². The first-order valence-electron chi connectivity index (χ1n) is 8.52. The largest absolute Gasteiger partial charge is 0.419 e. The summed E-state index contributed by atoms with van der Waals surface area (Å²) in [6.45, 7) is 3.71. The van der Waals surface area contributed by atoms with E-state index in [0.717, 1.165) is 18.4 Å². The monoisotopic (exact) mass is 372 g/mol. The summed E-state index contributed by atoms with van der Waals surface area (Å²) in [5.41, 5.74) is 2.58. The molecular formula is C18H20N4O3S. The molecule has 2 heterocycles. The van der Waals surface area contributed by atoms with Crippen molar-refractivity contribution in [2.45, 2.75) is 44.0 Å². The predicted molar refractivity (Wildman–Crippen MR) is 96.0 cm³/mol. The van der Waals surface area contributed by atoms with Crippen LogP contribution in [0, 0.1) is 13.8 Å². The van der Waals surface area contributed by atoms with Crippen molar-refractivity contribution in [3.05, 3.63) is 53.0 Å². The molecule has 0 bridgehead atoms. The van der Waals surface area contributed by atoms with Gasteiger partial charge in [0.25, 0.3) is 5.89 Å². The Morgan fingerprint density at radius 3 is 2.62 bits per heavy atom. The second-order valence-corrected chi connectivity index (χ2v) is 8.31. The van der Waals surface area contributed by atoms with Gasteiger partial charge in [-0.25, -0.2) is 13.1 Å². The molecule has 2 N–H and O–H groups in total. The van der Waals surface area contributed by atoms with Crippen LogP contribution < -0.4 is 4.72 Å². The highest BCUT2D eigenvalue weighted by Gasteiger charge is 2.31. The minimum atomic E-state index is -3.68. The number of rotatable bonds is 6. The van der Waals surface area contributed by atoms with E-state index in [4.69, 9.17) is 4.42 Å². The molecule has 3 aromatic rings. The smallest absolute Gasteiger partial charge is 0.264 e. The molecule has 0 saturated heterocycles. The lowest BCUT2D eigenvalue weighted by Gasteiger charge is -2.07. The Morgan fingerprint density at radius 1 is 1.19 bits per heavy atom. The fourth-order valence-electron chi connectivity index (χ4n) is 3.03. The van der Waals surface area contributed by atoms with E-state index in [0.29, 0.717) is 34.7 Å². The number of aromatic amines is 1. The molecule has 1 aliphatic carbocycles. The van der Waals surface area contributed by atoms with Gasteiger partial charge in [0.15, 0.2) is 0 Å². The standard InChI is InChI=1S/C18H20N4O3S/c1-11-15(18-22-21-17(25-18)14-8-9-14)20-12(2)16(11)26(23,24)19-10-13-6-4-3-5-7-13/h3-7,14,19-20H,8-10H2,1-2H3. The third-order valence-corrected chi connectivity index (χ3v) is 6.20. The van der Waals surface area contributed by atoms with E-state index in [9.17, 15) is 8.42 Å². The highest BCUT2D eigenvalue weighted by atomic mass is 32.2. The van der Waals surface area contributed by atoms with Gasteiger partial charge in [0.2, 0.25) is 15.9 Å². The molecule has 1 fully saturated rings. The molecule has 0 radical (unpaired) electrons. The first kappa shape index (κ1) is 17.0. The van der Waals surface area contributed by atoms with E-state index in [1.165, 1.54) is 0 Å². The zero-order chi connectivity index (χ0) is 18.3. The zero-order valence-corrected chi connectivity index (χ0v) is 15.4. The number of hydrogen-bond donors (Lipinski definition) is 2. The molecule has 8 heteroatoms. The molecule has 0 atom stereocenters. The lowest BCUT2D eigenvalue weighted by atomic mass is 10.2. The molecule has 4 rings (SSSR count). The van der Waals surface area contributed by atoms with Crippen LogP contribution in [0.15, 0.2) is 39.6 Å². The van der Waals surface area contributed by atoms with Gasteiger partial charge in [-0.3, -0.25) is 0 Å². The van der Waals surface area contributed by atoms with Crippen molar-refractivity contribution in [1.82, 2.24) is 19.9 Å². The molecule has 1 saturated carbocycles. The van der Waals surface area contributed by atoms with Crippen molar-refractivity contribution in [1.29, 1.82) is 0 Å². The number of nitrogens with zero attached hydrogens (tertiary/aromatic N) is 2. The van der Waals surface area contributed by atoms with E-state index < -0.39 is 10.0 Å². The summed E-state index contributed by atoms with van der Waals surface area (Å²) < 4.78 is 34.0. The topological polar surface area (TPSA) is 101 Å². The second kappa shape index (κ2) is 6.37. The van der Waals surface area contributed by atoms with Crippen molar-refractivity contribution < 1.29 is 12.8 Å². The van der Waals surface area contributed by atoms with Crippen LogP contribution in [0.5, 0.6) is 0 Å². The van der Waals surface area contributed by atoms with Crippen LogP contribution in [-0.4, -0.2) is 23.6 Å². The molecule has 0 aliphatic heterocycles. The Hall–Kier alpha value is -2.45. The minimum Gasteiger partial charge on any atom is -0.419 e. The third kappa shape index (κ3) is 3.17. The molecule has 7 nitrogen and oxygen atoms in total. The Labute approximate surface area is 151 Å². The van der Waals surface area contributed by atoms with E-state index >= 15 is 0 Å². The van der Waals surface area contributed by atoms with Crippen LogP contribution in [0.25, 0.3) is 11.6 Å². The Balaban J connectivity index is 1.62. The summed E-state index contributed by atoms with van der Waals surface area (Å²) in [7, 11) is -3.68. The van der Waals surface area contributed by atoms with E-state index in [-0.39, 0.29) is 11.4 Å². The second-order valence-electron chi connectivity index (χ2n) is 6.61. The van der Waals surface area contributed by atoms with Crippen molar-refractivity contribution in [3.8, 4) is 11.6 Å². The van der Waals surface area contributed by atoms with Crippen LogP contribution in [0.2, 0.25) is 0 Å². The van der Waals surface area contributed by atoms with Crippen LogP contribution >= 0.6 is 0 Å². The Bertz CT molecular complexity index is 1030. The number of benzene rings is 1. The van der Waals surface area contributed by atoms with Gasteiger partial charge in [-0.1, -0.05) is 30.3 Å². The third-order valence-electron chi connectivity index (χ3n) is 4.53. The fourth-order valence-corrected chi connectivity index (χ4v) is 4.49. The number of H-pyrrole nitrogens is 1. The normalized spacial score (nSPS) is 14.7. The van der Waals surface area contributed by atoms with Crippen LogP contribution in [0.1, 0.15) is 41.5 Å². The summed E-state index contributed by atoms with van der Waals surface area (Å²) >= 11 is 0. The number of aryl methyl sites for hydroxylation is 1. The average molecular weight is 372 g/mol. The predicted octanol–water partition coefficient (Wildman–Crippen LogP) is 3.04. The van der Waals surface area contributed by atoms with E-state index in [2.05, 4.69) is 19.9 Å².